The molecule has 0 bridgehead atoms. The number of likely N-dealkylation sites (tertiary alicyclic amines) is 1. The van der Waals surface area contributed by atoms with Crippen molar-refractivity contribution < 1.29 is 9.59 Å². The largest absolute Gasteiger partial charge is 0.336 e. The molecule has 1 saturated heterocycles. The Morgan fingerprint density at radius 1 is 1.57 bits per heavy atom. The molecule has 2 amide bonds. The molecular formula is C18H21N3O2. The van der Waals surface area contributed by atoms with Crippen LogP contribution in [-0.2, 0) is 16.1 Å². The van der Waals surface area contributed by atoms with E-state index in [1.807, 2.05) is 18.2 Å². The molecule has 23 heavy (non-hydrogen) atoms. The van der Waals surface area contributed by atoms with Crippen molar-refractivity contribution in [2.75, 3.05) is 19.6 Å². The summed E-state index contributed by atoms with van der Waals surface area (Å²) in [5.74, 6) is 2.33. The number of pyridine rings is 1. The van der Waals surface area contributed by atoms with Crippen LogP contribution in [0.2, 0.25) is 0 Å². The van der Waals surface area contributed by atoms with Gasteiger partial charge in [0.2, 0.25) is 11.8 Å². The molecule has 0 aromatic carbocycles. The van der Waals surface area contributed by atoms with Gasteiger partial charge < -0.3 is 9.80 Å². The summed E-state index contributed by atoms with van der Waals surface area (Å²) in [6.07, 6.45) is 9.63. The second kappa shape index (κ2) is 8.14. The molecule has 5 nitrogen and oxygen atoms in total. The highest BCUT2D eigenvalue weighted by Crippen LogP contribution is 2.21. The van der Waals surface area contributed by atoms with Crippen LogP contribution in [0.25, 0.3) is 0 Å². The summed E-state index contributed by atoms with van der Waals surface area (Å²) in [6, 6.07) is 5.60. The summed E-state index contributed by atoms with van der Waals surface area (Å²) in [4.78, 5) is 32.3. The number of hydrogen-bond donors (Lipinski definition) is 0. The van der Waals surface area contributed by atoms with Gasteiger partial charge in [0.25, 0.3) is 0 Å². The highest BCUT2D eigenvalue weighted by molar-refractivity contribution is 5.84. The van der Waals surface area contributed by atoms with Gasteiger partial charge in [-0.3, -0.25) is 14.6 Å². The summed E-state index contributed by atoms with van der Waals surface area (Å²) >= 11 is 0. The molecule has 2 heterocycles. The number of aromatic nitrogens is 1. The Kier molecular flexibility index (Phi) is 5.93. The summed E-state index contributed by atoms with van der Waals surface area (Å²) in [7, 11) is 0. The van der Waals surface area contributed by atoms with Gasteiger partial charge in [-0.1, -0.05) is 18.1 Å². The lowest BCUT2D eigenvalue weighted by atomic mass is 9.95. The van der Waals surface area contributed by atoms with Gasteiger partial charge in [0.05, 0.1) is 24.7 Å². The molecule has 120 valence electrons. The Morgan fingerprint density at radius 2 is 2.39 bits per heavy atom. The first-order valence-electron chi connectivity index (χ1n) is 7.66. The van der Waals surface area contributed by atoms with E-state index in [4.69, 9.17) is 6.42 Å². The molecule has 1 aromatic heterocycles. The number of piperidine rings is 1. The second-order valence-electron chi connectivity index (χ2n) is 5.54. The number of amides is 2. The highest BCUT2D eigenvalue weighted by Gasteiger charge is 2.32. The van der Waals surface area contributed by atoms with Crippen molar-refractivity contribution in [3.05, 3.63) is 42.7 Å². The second-order valence-corrected chi connectivity index (χ2v) is 5.54. The maximum atomic E-state index is 12.6. The van der Waals surface area contributed by atoms with Gasteiger partial charge in [0.1, 0.15) is 0 Å². The molecule has 1 aliphatic rings. The summed E-state index contributed by atoms with van der Waals surface area (Å²) in [5, 5.41) is 0. The van der Waals surface area contributed by atoms with E-state index in [9.17, 15) is 9.59 Å². The first kappa shape index (κ1) is 16.8. The SMILES string of the molecule is C#CCN(CC=C)C(=O)[C@H]1CCC(=O)N(Cc2ccccn2)C1. The predicted molar refractivity (Wildman–Crippen MR) is 88.0 cm³/mol. The van der Waals surface area contributed by atoms with Crippen molar-refractivity contribution in [2.45, 2.75) is 19.4 Å². The average Bonchev–Trinajstić information content (AvgIpc) is 2.57. The third-order valence-corrected chi connectivity index (χ3v) is 3.87. The van der Waals surface area contributed by atoms with Crippen LogP contribution in [0.15, 0.2) is 37.1 Å². The fourth-order valence-corrected chi connectivity index (χ4v) is 2.71. The Balaban J connectivity index is 2.04. The molecule has 1 atom stereocenters. The van der Waals surface area contributed by atoms with Crippen molar-refractivity contribution >= 4 is 11.8 Å². The number of carbonyl (C=O) groups is 2. The van der Waals surface area contributed by atoms with Gasteiger partial charge in [-0.05, 0) is 18.6 Å². The summed E-state index contributed by atoms with van der Waals surface area (Å²) in [6.45, 7) is 5.18. The monoisotopic (exact) mass is 311 g/mol. The lowest BCUT2D eigenvalue weighted by Gasteiger charge is -2.34. The van der Waals surface area contributed by atoms with E-state index in [2.05, 4.69) is 17.5 Å². The van der Waals surface area contributed by atoms with Gasteiger partial charge in [0, 0.05) is 25.7 Å². The van der Waals surface area contributed by atoms with Crippen LogP contribution in [0.4, 0.5) is 0 Å². The van der Waals surface area contributed by atoms with Crippen LogP contribution >= 0.6 is 0 Å². The Hall–Kier alpha value is -2.61. The van der Waals surface area contributed by atoms with Gasteiger partial charge in [-0.15, -0.1) is 13.0 Å². The van der Waals surface area contributed by atoms with Crippen molar-refractivity contribution in [2.24, 2.45) is 5.92 Å². The van der Waals surface area contributed by atoms with Crippen molar-refractivity contribution in [1.29, 1.82) is 0 Å². The topological polar surface area (TPSA) is 53.5 Å². The van der Waals surface area contributed by atoms with Crippen molar-refractivity contribution in [3.8, 4) is 12.3 Å². The number of carbonyl (C=O) groups excluding carboxylic acids is 2. The Labute approximate surface area is 137 Å². The van der Waals surface area contributed by atoms with Crippen LogP contribution < -0.4 is 0 Å². The fraction of sp³-hybridized carbons (Fsp3) is 0.389. The van der Waals surface area contributed by atoms with Gasteiger partial charge in [-0.25, -0.2) is 0 Å². The highest BCUT2D eigenvalue weighted by atomic mass is 16.2. The Bertz CT molecular complexity index is 606. The summed E-state index contributed by atoms with van der Waals surface area (Å²) < 4.78 is 0. The quantitative estimate of drug-likeness (QED) is 0.590. The lowest BCUT2D eigenvalue weighted by Crippen LogP contribution is -2.47. The van der Waals surface area contributed by atoms with Crippen LogP contribution in [0.1, 0.15) is 18.5 Å². The minimum absolute atomic E-state index is 0.0126. The van der Waals surface area contributed by atoms with E-state index in [1.165, 1.54) is 0 Å². The molecule has 1 aromatic rings. The molecule has 0 spiro atoms. The number of rotatable bonds is 6. The zero-order chi connectivity index (χ0) is 16.7. The maximum Gasteiger partial charge on any atom is 0.228 e. The molecule has 0 unspecified atom stereocenters. The molecule has 0 N–H and O–H groups in total. The van der Waals surface area contributed by atoms with Crippen LogP contribution in [0.5, 0.6) is 0 Å². The fourth-order valence-electron chi connectivity index (χ4n) is 2.71. The minimum atomic E-state index is -0.218. The molecule has 0 aliphatic carbocycles. The molecule has 5 heteroatoms. The molecular weight excluding hydrogens is 290 g/mol. The number of terminal acetylenes is 1. The molecule has 1 aliphatic heterocycles. The molecule has 0 radical (unpaired) electrons. The minimum Gasteiger partial charge on any atom is -0.336 e. The standard InChI is InChI=1S/C18H21N3O2/c1-3-11-20(12-4-2)18(23)15-8-9-17(22)21(13-15)14-16-7-5-6-10-19-16/h1,4-7,10,15H,2,8-9,11-14H2/t15-/m0/s1. The smallest absolute Gasteiger partial charge is 0.228 e. The molecule has 1 fully saturated rings. The third kappa shape index (κ3) is 4.43. The zero-order valence-electron chi connectivity index (χ0n) is 13.1. The van der Waals surface area contributed by atoms with E-state index in [1.54, 1.807) is 22.1 Å². The van der Waals surface area contributed by atoms with Gasteiger partial charge >= 0.3 is 0 Å². The number of hydrogen-bond acceptors (Lipinski definition) is 3. The van der Waals surface area contributed by atoms with E-state index in [0.29, 0.717) is 32.5 Å². The van der Waals surface area contributed by atoms with Crippen molar-refractivity contribution in [3.63, 3.8) is 0 Å². The summed E-state index contributed by atoms with van der Waals surface area (Å²) in [5.41, 5.74) is 0.820. The van der Waals surface area contributed by atoms with Crippen LogP contribution in [0, 0.1) is 18.3 Å². The first-order chi connectivity index (χ1) is 11.2. The lowest BCUT2D eigenvalue weighted by molar-refractivity contribution is -0.142. The zero-order valence-corrected chi connectivity index (χ0v) is 13.1. The van der Waals surface area contributed by atoms with Gasteiger partial charge in [-0.2, -0.15) is 0 Å². The maximum absolute atomic E-state index is 12.6. The van der Waals surface area contributed by atoms with Crippen LogP contribution in [-0.4, -0.2) is 46.2 Å². The van der Waals surface area contributed by atoms with Crippen LogP contribution in [0.3, 0.4) is 0 Å². The average molecular weight is 311 g/mol. The number of nitrogens with zero attached hydrogens (tertiary/aromatic N) is 3. The molecule has 0 saturated carbocycles. The predicted octanol–water partition coefficient (Wildman–Crippen LogP) is 1.47. The van der Waals surface area contributed by atoms with E-state index in [0.717, 1.165) is 5.69 Å². The Morgan fingerprint density at radius 3 is 3.04 bits per heavy atom. The van der Waals surface area contributed by atoms with E-state index >= 15 is 0 Å². The van der Waals surface area contributed by atoms with Gasteiger partial charge in [0.15, 0.2) is 0 Å². The van der Waals surface area contributed by atoms with E-state index < -0.39 is 0 Å². The third-order valence-electron chi connectivity index (χ3n) is 3.87. The first-order valence-corrected chi connectivity index (χ1v) is 7.66. The van der Waals surface area contributed by atoms with E-state index in [-0.39, 0.29) is 24.3 Å². The molecule has 2 rings (SSSR count). The van der Waals surface area contributed by atoms with Crippen molar-refractivity contribution in [1.82, 2.24) is 14.8 Å². The normalized spacial score (nSPS) is 17.4.